The average Bonchev–Trinajstić information content (AvgIpc) is 2.30. The summed E-state index contributed by atoms with van der Waals surface area (Å²) >= 11 is 3.48. The van der Waals surface area contributed by atoms with Crippen LogP contribution in [0.15, 0.2) is 10.7 Å². The van der Waals surface area contributed by atoms with Crippen molar-refractivity contribution in [3.63, 3.8) is 0 Å². The van der Waals surface area contributed by atoms with Crippen molar-refractivity contribution in [1.82, 2.24) is 9.97 Å². The van der Waals surface area contributed by atoms with Crippen molar-refractivity contribution in [3.05, 3.63) is 10.7 Å². The summed E-state index contributed by atoms with van der Waals surface area (Å²) in [6, 6.07) is 0. The molecule has 0 bridgehead atoms. The minimum absolute atomic E-state index is 0.244. The van der Waals surface area contributed by atoms with Crippen LogP contribution in [-0.2, 0) is 4.74 Å². The first-order valence-electron chi connectivity index (χ1n) is 5.27. The predicted molar refractivity (Wildman–Crippen MR) is 66.9 cm³/mol. The number of morpholine rings is 1. The SMILES string of the molecule is CNc1ncc(Br)c(N2CCOC(C)C2)n1. The summed E-state index contributed by atoms with van der Waals surface area (Å²) < 4.78 is 6.43. The summed E-state index contributed by atoms with van der Waals surface area (Å²) in [7, 11) is 1.81. The monoisotopic (exact) mass is 286 g/mol. The molecule has 1 atom stereocenters. The quantitative estimate of drug-likeness (QED) is 0.893. The number of halogens is 1. The molecule has 1 aliphatic rings. The summed E-state index contributed by atoms with van der Waals surface area (Å²) in [5.74, 6) is 1.56. The van der Waals surface area contributed by atoms with Crippen LogP contribution in [0.25, 0.3) is 0 Å². The van der Waals surface area contributed by atoms with Crippen LogP contribution in [-0.4, -0.2) is 42.8 Å². The lowest BCUT2D eigenvalue weighted by Crippen LogP contribution is -2.41. The molecular weight excluding hydrogens is 272 g/mol. The van der Waals surface area contributed by atoms with Gasteiger partial charge in [-0.05, 0) is 22.9 Å². The van der Waals surface area contributed by atoms with E-state index in [0.717, 1.165) is 30.0 Å². The molecule has 1 unspecified atom stereocenters. The largest absolute Gasteiger partial charge is 0.375 e. The molecule has 1 saturated heterocycles. The molecule has 6 heteroatoms. The molecule has 5 nitrogen and oxygen atoms in total. The fourth-order valence-electron chi connectivity index (χ4n) is 1.71. The van der Waals surface area contributed by atoms with Crippen molar-refractivity contribution in [2.75, 3.05) is 37.0 Å². The third kappa shape index (κ3) is 2.44. The van der Waals surface area contributed by atoms with Gasteiger partial charge in [-0.25, -0.2) is 4.98 Å². The van der Waals surface area contributed by atoms with Crippen molar-refractivity contribution in [2.45, 2.75) is 13.0 Å². The van der Waals surface area contributed by atoms with Gasteiger partial charge in [0.2, 0.25) is 5.95 Å². The minimum Gasteiger partial charge on any atom is -0.375 e. The Morgan fingerprint density at radius 1 is 1.62 bits per heavy atom. The molecule has 1 fully saturated rings. The summed E-state index contributed by atoms with van der Waals surface area (Å²) in [5, 5.41) is 2.94. The molecule has 0 spiro atoms. The molecule has 0 saturated carbocycles. The number of hydrogen-bond donors (Lipinski definition) is 1. The van der Waals surface area contributed by atoms with Gasteiger partial charge in [0.05, 0.1) is 17.2 Å². The number of aromatic nitrogens is 2. The van der Waals surface area contributed by atoms with Gasteiger partial charge >= 0.3 is 0 Å². The molecule has 88 valence electrons. The first kappa shape index (κ1) is 11.6. The van der Waals surface area contributed by atoms with Crippen molar-refractivity contribution in [2.24, 2.45) is 0 Å². The molecule has 2 rings (SSSR count). The molecule has 0 aliphatic carbocycles. The molecule has 0 amide bonds. The number of hydrogen-bond acceptors (Lipinski definition) is 5. The van der Waals surface area contributed by atoms with Gasteiger partial charge in [0.1, 0.15) is 5.82 Å². The third-order valence-corrected chi connectivity index (χ3v) is 3.05. The molecule has 2 heterocycles. The number of ether oxygens (including phenoxy) is 1. The lowest BCUT2D eigenvalue weighted by Gasteiger charge is -2.32. The third-order valence-electron chi connectivity index (χ3n) is 2.49. The Balaban J connectivity index is 2.24. The van der Waals surface area contributed by atoms with E-state index >= 15 is 0 Å². The van der Waals surface area contributed by atoms with Gasteiger partial charge in [-0.15, -0.1) is 0 Å². The smallest absolute Gasteiger partial charge is 0.224 e. The fraction of sp³-hybridized carbons (Fsp3) is 0.600. The van der Waals surface area contributed by atoms with Crippen molar-refractivity contribution >= 4 is 27.7 Å². The Hall–Kier alpha value is -0.880. The second kappa shape index (κ2) is 4.97. The highest BCUT2D eigenvalue weighted by molar-refractivity contribution is 9.10. The molecule has 1 aliphatic heterocycles. The van der Waals surface area contributed by atoms with Crippen molar-refractivity contribution in [3.8, 4) is 0 Å². The number of nitrogens with one attached hydrogen (secondary N) is 1. The first-order chi connectivity index (χ1) is 7.70. The van der Waals surface area contributed by atoms with Crippen LogP contribution in [0.3, 0.4) is 0 Å². The lowest BCUT2D eigenvalue weighted by atomic mass is 10.3. The average molecular weight is 287 g/mol. The molecule has 1 aromatic rings. The molecule has 1 N–H and O–H groups in total. The van der Waals surface area contributed by atoms with Gasteiger partial charge in [-0.2, -0.15) is 4.98 Å². The number of rotatable bonds is 2. The van der Waals surface area contributed by atoms with Gasteiger partial charge in [0.15, 0.2) is 0 Å². The van der Waals surface area contributed by atoms with Gasteiger partial charge in [0.25, 0.3) is 0 Å². The summed E-state index contributed by atoms with van der Waals surface area (Å²) in [6.45, 7) is 4.54. The first-order valence-corrected chi connectivity index (χ1v) is 6.07. The van der Waals surface area contributed by atoms with E-state index < -0.39 is 0 Å². The van der Waals surface area contributed by atoms with Crippen LogP contribution in [0.2, 0.25) is 0 Å². The second-order valence-corrected chi connectivity index (χ2v) is 4.60. The highest BCUT2D eigenvalue weighted by atomic mass is 79.9. The van der Waals surface area contributed by atoms with E-state index in [-0.39, 0.29) is 6.10 Å². The number of nitrogens with zero attached hydrogens (tertiary/aromatic N) is 3. The topological polar surface area (TPSA) is 50.3 Å². The van der Waals surface area contributed by atoms with E-state index in [1.165, 1.54) is 0 Å². The zero-order chi connectivity index (χ0) is 11.5. The normalized spacial score (nSPS) is 20.9. The maximum absolute atomic E-state index is 5.51. The minimum atomic E-state index is 0.244. The van der Waals surface area contributed by atoms with Gasteiger partial charge in [0, 0.05) is 26.3 Å². The van der Waals surface area contributed by atoms with Gasteiger partial charge in [-0.1, -0.05) is 0 Å². The van der Waals surface area contributed by atoms with Crippen LogP contribution < -0.4 is 10.2 Å². The van der Waals surface area contributed by atoms with Crippen molar-refractivity contribution in [1.29, 1.82) is 0 Å². The van der Waals surface area contributed by atoms with Crippen LogP contribution in [0.5, 0.6) is 0 Å². The van der Waals surface area contributed by atoms with Crippen LogP contribution in [0, 0.1) is 0 Å². The summed E-state index contributed by atoms with van der Waals surface area (Å²) in [6.07, 6.45) is 2.02. The van der Waals surface area contributed by atoms with Gasteiger partial charge in [-0.3, -0.25) is 0 Å². The Labute approximate surface area is 103 Å². The van der Waals surface area contributed by atoms with Crippen LogP contribution in [0.4, 0.5) is 11.8 Å². The highest BCUT2D eigenvalue weighted by Gasteiger charge is 2.20. The van der Waals surface area contributed by atoms with Gasteiger partial charge < -0.3 is 15.0 Å². The fourth-order valence-corrected chi connectivity index (χ4v) is 2.15. The highest BCUT2D eigenvalue weighted by Crippen LogP contribution is 2.25. The maximum atomic E-state index is 5.51. The second-order valence-electron chi connectivity index (χ2n) is 3.74. The van der Waals surface area contributed by atoms with E-state index in [9.17, 15) is 0 Å². The Morgan fingerprint density at radius 2 is 2.44 bits per heavy atom. The number of anilines is 2. The molecule has 16 heavy (non-hydrogen) atoms. The molecule has 0 radical (unpaired) electrons. The Kier molecular flexibility index (Phi) is 3.60. The van der Waals surface area contributed by atoms with Crippen LogP contribution >= 0.6 is 15.9 Å². The Bertz CT molecular complexity index is 374. The van der Waals surface area contributed by atoms with E-state index in [1.54, 1.807) is 6.20 Å². The maximum Gasteiger partial charge on any atom is 0.224 e. The van der Waals surface area contributed by atoms with E-state index in [4.69, 9.17) is 4.74 Å². The molecular formula is C10H15BrN4O. The predicted octanol–water partition coefficient (Wildman–Crippen LogP) is 1.51. The molecule has 1 aromatic heterocycles. The van der Waals surface area contributed by atoms with Crippen LogP contribution in [0.1, 0.15) is 6.92 Å². The standard InChI is InChI=1S/C10H15BrN4O/c1-7-6-15(3-4-16-7)9-8(11)5-13-10(12-2)14-9/h5,7H,3-4,6H2,1-2H3,(H,12,13,14). The van der Waals surface area contributed by atoms with Crippen molar-refractivity contribution < 1.29 is 4.74 Å². The van der Waals surface area contributed by atoms with E-state index in [0.29, 0.717) is 5.95 Å². The Morgan fingerprint density at radius 3 is 3.12 bits per heavy atom. The van der Waals surface area contributed by atoms with E-state index in [1.807, 2.05) is 7.05 Å². The summed E-state index contributed by atoms with van der Waals surface area (Å²) in [4.78, 5) is 10.8. The zero-order valence-electron chi connectivity index (χ0n) is 9.40. The van der Waals surface area contributed by atoms with E-state index in [2.05, 4.69) is 43.0 Å². The molecule has 0 aromatic carbocycles. The summed E-state index contributed by atoms with van der Waals surface area (Å²) in [5.41, 5.74) is 0. The zero-order valence-corrected chi connectivity index (χ0v) is 11.0. The lowest BCUT2D eigenvalue weighted by molar-refractivity contribution is 0.0529.